The fourth-order valence-electron chi connectivity index (χ4n) is 2.33. The van der Waals surface area contributed by atoms with E-state index >= 15 is 0 Å². The van der Waals surface area contributed by atoms with Crippen molar-refractivity contribution in [1.29, 1.82) is 0 Å². The first-order valence-electron chi connectivity index (χ1n) is 9.33. The van der Waals surface area contributed by atoms with Gasteiger partial charge in [-0.15, -0.1) is 0 Å². The molecule has 1 amide bonds. The molecule has 0 aromatic heterocycles. The summed E-state index contributed by atoms with van der Waals surface area (Å²) < 4.78 is 133. The Morgan fingerprint density at radius 2 is 1.48 bits per heavy atom. The molecule has 0 aromatic rings. The molecule has 0 rings (SSSR count). The van der Waals surface area contributed by atoms with E-state index in [0.717, 1.165) is 6.92 Å². The zero-order chi connectivity index (χ0) is 26.5. The van der Waals surface area contributed by atoms with E-state index in [1.165, 1.54) is 13.8 Å². The van der Waals surface area contributed by atoms with Gasteiger partial charge in [-0.05, 0) is 33.6 Å². The lowest BCUT2D eigenvalue weighted by molar-refractivity contribution is -0.350. The van der Waals surface area contributed by atoms with E-state index in [9.17, 15) is 48.7 Å². The fraction of sp³-hybridized carbons (Fsp3) is 0.765. The normalized spacial score (nSPS) is 15.0. The van der Waals surface area contributed by atoms with Crippen molar-refractivity contribution < 1.29 is 62.8 Å². The van der Waals surface area contributed by atoms with Gasteiger partial charge < -0.3 is 14.4 Å². The smallest absolute Gasteiger partial charge is 0.412 e. The summed E-state index contributed by atoms with van der Waals surface area (Å²) in [5.74, 6) is -12.9. The number of carbonyl (C=O) groups is 2. The molecule has 8 nitrogen and oxygen atoms in total. The minimum absolute atomic E-state index is 0.252. The molecule has 1 N–H and O–H groups in total. The lowest BCUT2D eigenvalue weighted by Gasteiger charge is -2.36. The highest BCUT2D eigenvalue weighted by molar-refractivity contribution is 7.87. The van der Waals surface area contributed by atoms with Gasteiger partial charge in [-0.3, -0.25) is 9.35 Å². The molecule has 0 aliphatic rings. The van der Waals surface area contributed by atoms with Crippen LogP contribution in [0.4, 0.5) is 30.7 Å². The van der Waals surface area contributed by atoms with Gasteiger partial charge in [0.05, 0.1) is 6.61 Å². The topological polar surface area (TPSA) is 110 Å². The van der Waals surface area contributed by atoms with Gasteiger partial charge in [0.25, 0.3) is 0 Å². The molecule has 0 heterocycles. The van der Waals surface area contributed by atoms with Crippen LogP contribution in [0, 0.1) is 0 Å². The van der Waals surface area contributed by atoms with Crippen molar-refractivity contribution in [1.82, 2.24) is 4.90 Å². The first-order valence-corrected chi connectivity index (χ1v) is 10.8. The number of halogens is 7. The van der Waals surface area contributed by atoms with E-state index in [1.807, 2.05) is 0 Å². The molecule has 0 aromatic carbocycles. The molecule has 194 valence electrons. The highest BCUT2D eigenvalue weighted by atomic mass is 32.2. The summed E-state index contributed by atoms with van der Waals surface area (Å²) >= 11 is 0. The summed E-state index contributed by atoms with van der Waals surface area (Å²) in [6.07, 6.45) is -9.33. The molecule has 33 heavy (non-hydrogen) atoms. The predicted molar refractivity (Wildman–Crippen MR) is 98.9 cm³/mol. The van der Waals surface area contributed by atoms with Gasteiger partial charge in [0.15, 0.2) is 0 Å². The van der Waals surface area contributed by atoms with Crippen LogP contribution in [0.15, 0.2) is 12.2 Å². The van der Waals surface area contributed by atoms with E-state index in [4.69, 9.17) is 4.55 Å². The Balaban J connectivity index is 5.70. The second kappa shape index (κ2) is 11.0. The lowest BCUT2D eigenvalue weighted by atomic mass is 10.1. The Bertz CT molecular complexity index is 826. The Morgan fingerprint density at radius 3 is 1.85 bits per heavy atom. The zero-order valence-electron chi connectivity index (χ0n) is 17.8. The van der Waals surface area contributed by atoms with Crippen LogP contribution < -0.4 is 0 Å². The number of esters is 1. The van der Waals surface area contributed by atoms with Crippen molar-refractivity contribution in [2.75, 3.05) is 19.7 Å². The molecule has 1 atom stereocenters. The van der Waals surface area contributed by atoms with Crippen molar-refractivity contribution in [2.45, 2.75) is 63.2 Å². The number of unbranched alkanes of at least 4 members (excludes halogenated alkanes) is 1. The maximum absolute atomic E-state index is 13.9. The summed E-state index contributed by atoms with van der Waals surface area (Å²) in [5.41, 5.74) is -0.522. The number of nitrogens with zero attached hydrogens (tertiary/aromatic N) is 1. The van der Waals surface area contributed by atoms with Gasteiger partial charge in [0.2, 0.25) is 0 Å². The van der Waals surface area contributed by atoms with Gasteiger partial charge in [-0.2, -0.15) is 39.2 Å². The van der Waals surface area contributed by atoms with Crippen LogP contribution >= 0.6 is 0 Å². The lowest BCUT2D eigenvalue weighted by Crippen LogP contribution is -2.62. The van der Waals surface area contributed by atoms with Crippen LogP contribution in [0.3, 0.4) is 0 Å². The maximum Gasteiger partial charge on any atom is 0.466 e. The molecular formula is C17H24F7NO7S. The first kappa shape index (κ1) is 31.1. The minimum Gasteiger partial charge on any atom is -0.412 e. The van der Waals surface area contributed by atoms with Crippen molar-refractivity contribution in [3.63, 3.8) is 0 Å². The van der Waals surface area contributed by atoms with Crippen molar-refractivity contribution in [3.8, 4) is 0 Å². The van der Waals surface area contributed by atoms with Crippen LogP contribution in [-0.4, -0.2) is 72.6 Å². The summed E-state index contributed by atoms with van der Waals surface area (Å²) in [4.78, 5) is 25.0. The number of amides is 1. The van der Waals surface area contributed by atoms with E-state index in [2.05, 4.69) is 16.1 Å². The highest BCUT2D eigenvalue weighted by Crippen LogP contribution is 2.42. The number of rotatable bonds is 13. The molecular weight excluding hydrogens is 495 g/mol. The van der Waals surface area contributed by atoms with Crippen molar-refractivity contribution in [3.05, 3.63) is 12.2 Å². The first-order chi connectivity index (χ1) is 14.7. The summed E-state index contributed by atoms with van der Waals surface area (Å²) in [6.45, 7) is 5.05. The second-order valence-electron chi connectivity index (χ2n) is 6.76. The average Bonchev–Trinajstić information content (AvgIpc) is 2.65. The van der Waals surface area contributed by atoms with Crippen LogP contribution in [-0.2, 0) is 29.2 Å². The van der Waals surface area contributed by atoms with Crippen molar-refractivity contribution in [2.24, 2.45) is 0 Å². The van der Waals surface area contributed by atoms with Crippen molar-refractivity contribution >= 4 is 22.0 Å². The third kappa shape index (κ3) is 7.02. The Labute approximate surface area is 185 Å². The maximum atomic E-state index is 13.9. The Hall–Kier alpha value is -1.94. The number of alkyl halides is 7. The Morgan fingerprint density at radius 1 is 1.00 bits per heavy atom. The van der Waals surface area contributed by atoms with Gasteiger partial charge in [-0.25, -0.2) is 4.79 Å². The molecule has 16 heteroatoms. The van der Waals surface area contributed by atoms with Gasteiger partial charge in [-0.1, -0.05) is 6.58 Å². The number of ether oxygens (including phenoxy) is 2. The fourth-order valence-corrected chi connectivity index (χ4v) is 2.81. The van der Waals surface area contributed by atoms with Crippen LogP contribution in [0.5, 0.6) is 0 Å². The van der Waals surface area contributed by atoms with Gasteiger partial charge >= 0.3 is 45.1 Å². The van der Waals surface area contributed by atoms with Crippen LogP contribution in [0.25, 0.3) is 0 Å². The number of carbonyl (C=O) groups excluding carboxylic acids is 2. The summed E-state index contributed by atoms with van der Waals surface area (Å²) in [5, 5.41) is -5.84. The minimum atomic E-state index is -6.47. The van der Waals surface area contributed by atoms with Gasteiger partial charge in [0, 0.05) is 25.1 Å². The summed E-state index contributed by atoms with van der Waals surface area (Å²) in [7, 11) is -6.47. The number of hydrogen-bond donors (Lipinski definition) is 1. The zero-order valence-corrected chi connectivity index (χ0v) is 18.7. The number of hydrogen-bond acceptors (Lipinski definition) is 6. The Kier molecular flexibility index (Phi) is 10.3. The number of likely N-dealkylation sites (N-methyl/N-ethyl adjacent to an activating group) is 1. The highest BCUT2D eigenvalue weighted by Gasteiger charge is 2.67. The molecule has 0 radical (unpaired) electrons. The van der Waals surface area contributed by atoms with E-state index in [-0.39, 0.29) is 13.1 Å². The van der Waals surface area contributed by atoms with E-state index in [1.54, 1.807) is 0 Å². The van der Waals surface area contributed by atoms with E-state index in [0.29, 0.717) is 4.90 Å². The van der Waals surface area contributed by atoms with Crippen LogP contribution in [0.2, 0.25) is 0 Å². The standard InChI is InChI=1S/C17H24F7NO7S/c1-5-25(6-2)13(27)15(16(20,21)22,32-12(26)11(3)4)31-10-8-7-9-14(18,19)17(23,24)33(28,29)30/h3,5-10H2,1-2,4H3,(H,28,29,30). The predicted octanol–water partition coefficient (Wildman–Crippen LogP) is 3.54. The van der Waals surface area contributed by atoms with E-state index < -0.39 is 76.6 Å². The molecule has 0 aliphatic heterocycles. The summed E-state index contributed by atoms with van der Waals surface area (Å²) in [6, 6.07) is 0. The molecule has 0 spiro atoms. The SMILES string of the molecule is C=C(C)C(=O)OC(OCCCCC(F)(F)C(F)(F)S(=O)(=O)O)(C(=O)N(CC)CC)C(F)(F)F. The quantitative estimate of drug-likeness (QED) is 0.0990. The molecule has 0 fully saturated rings. The molecule has 0 aliphatic carbocycles. The molecule has 0 saturated carbocycles. The third-order valence-corrected chi connectivity index (χ3v) is 5.18. The molecule has 0 saturated heterocycles. The average molecular weight is 519 g/mol. The van der Waals surface area contributed by atoms with Gasteiger partial charge in [0.1, 0.15) is 0 Å². The largest absolute Gasteiger partial charge is 0.466 e. The van der Waals surface area contributed by atoms with Crippen LogP contribution in [0.1, 0.15) is 40.0 Å². The second-order valence-corrected chi connectivity index (χ2v) is 8.23. The monoisotopic (exact) mass is 519 g/mol. The third-order valence-electron chi connectivity index (χ3n) is 4.23. The molecule has 1 unspecified atom stereocenters. The molecule has 0 bridgehead atoms.